The largest absolute Gasteiger partial charge is 0.354 e. The maximum atomic E-state index is 12.5. The second-order valence-corrected chi connectivity index (χ2v) is 6.39. The Morgan fingerprint density at radius 3 is 2.85 bits per heavy atom. The number of fused-ring (bicyclic) bond motifs is 1. The summed E-state index contributed by atoms with van der Waals surface area (Å²) in [5.41, 5.74) is 1.59. The van der Waals surface area contributed by atoms with Crippen LogP contribution in [0.15, 0.2) is 23.0 Å². The minimum absolute atomic E-state index is 0.0457. The molecular formula is C14H16IN3O2. The van der Waals surface area contributed by atoms with Gasteiger partial charge >= 0.3 is 5.69 Å². The Kier molecular flexibility index (Phi) is 3.57. The van der Waals surface area contributed by atoms with Crippen molar-refractivity contribution in [2.24, 2.45) is 7.05 Å². The fourth-order valence-corrected chi connectivity index (χ4v) is 3.28. The molecule has 3 rings (SSSR count). The van der Waals surface area contributed by atoms with Crippen molar-refractivity contribution in [3.05, 3.63) is 32.3 Å². The van der Waals surface area contributed by atoms with Gasteiger partial charge in [-0.1, -0.05) is 0 Å². The highest BCUT2D eigenvalue weighted by molar-refractivity contribution is 14.1. The second-order valence-electron chi connectivity index (χ2n) is 5.15. The van der Waals surface area contributed by atoms with Gasteiger partial charge in [-0.3, -0.25) is 13.9 Å². The molecule has 1 unspecified atom stereocenters. The number of benzene rings is 1. The lowest BCUT2D eigenvalue weighted by molar-refractivity contribution is -0.124. The molecule has 1 amide bonds. The van der Waals surface area contributed by atoms with E-state index in [-0.39, 0.29) is 11.6 Å². The Balaban J connectivity index is 2.22. The van der Waals surface area contributed by atoms with Crippen molar-refractivity contribution in [2.45, 2.75) is 25.3 Å². The number of aromatic nitrogens is 2. The predicted octanol–water partition coefficient (Wildman–Crippen LogP) is 1.79. The lowest BCUT2D eigenvalue weighted by Gasteiger charge is -2.14. The Hall–Kier alpha value is -1.31. The number of nitrogens with one attached hydrogen (secondary N) is 1. The molecule has 0 spiro atoms. The molecule has 6 heteroatoms. The van der Waals surface area contributed by atoms with Gasteiger partial charge in [-0.25, -0.2) is 4.79 Å². The van der Waals surface area contributed by atoms with E-state index in [4.69, 9.17) is 0 Å². The zero-order chi connectivity index (χ0) is 14.3. The van der Waals surface area contributed by atoms with Crippen LogP contribution in [0.5, 0.6) is 0 Å². The van der Waals surface area contributed by atoms with Crippen LogP contribution in [0.2, 0.25) is 0 Å². The molecule has 0 bridgehead atoms. The summed E-state index contributed by atoms with van der Waals surface area (Å²) >= 11 is 2.23. The number of nitrogens with zero attached hydrogens (tertiary/aromatic N) is 2. The van der Waals surface area contributed by atoms with Crippen LogP contribution in [0.25, 0.3) is 11.0 Å². The first-order valence-corrected chi connectivity index (χ1v) is 7.81. The van der Waals surface area contributed by atoms with Crippen LogP contribution in [0.1, 0.15) is 25.3 Å². The van der Waals surface area contributed by atoms with E-state index in [0.29, 0.717) is 6.54 Å². The van der Waals surface area contributed by atoms with Gasteiger partial charge < -0.3 is 5.32 Å². The molecule has 20 heavy (non-hydrogen) atoms. The van der Waals surface area contributed by atoms with E-state index in [1.165, 1.54) is 0 Å². The average Bonchev–Trinajstić information content (AvgIpc) is 2.58. The van der Waals surface area contributed by atoms with Gasteiger partial charge in [0.15, 0.2) is 0 Å². The molecule has 1 aromatic carbocycles. The molecule has 1 N–H and O–H groups in total. The second kappa shape index (κ2) is 5.23. The standard InChI is InChI=1S/C14H16IN3O2/c1-17-12-8-9(15)5-6-10(12)18(14(17)20)11-4-2-3-7-16-13(11)19/h5-6,8,11H,2-4,7H2,1H3,(H,16,19). The van der Waals surface area contributed by atoms with E-state index in [2.05, 4.69) is 27.9 Å². The number of amides is 1. The van der Waals surface area contributed by atoms with Crippen molar-refractivity contribution in [2.75, 3.05) is 6.54 Å². The van der Waals surface area contributed by atoms with E-state index in [1.54, 1.807) is 16.2 Å². The van der Waals surface area contributed by atoms with Gasteiger partial charge in [0.05, 0.1) is 11.0 Å². The molecule has 0 aliphatic carbocycles. The molecule has 1 aliphatic heterocycles. The molecule has 0 radical (unpaired) electrons. The molecule has 1 aromatic heterocycles. The molecular weight excluding hydrogens is 369 g/mol. The van der Waals surface area contributed by atoms with Crippen LogP contribution in [0.3, 0.4) is 0 Å². The van der Waals surface area contributed by atoms with Crippen LogP contribution < -0.4 is 11.0 Å². The van der Waals surface area contributed by atoms with Crippen molar-refractivity contribution in [1.82, 2.24) is 14.5 Å². The average molecular weight is 385 g/mol. The lowest BCUT2D eigenvalue weighted by Crippen LogP contribution is -2.36. The Morgan fingerprint density at radius 1 is 1.25 bits per heavy atom. The molecule has 2 aromatic rings. The number of carbonyl (C=O) groups is 1. The molecule has 106 valence electrons. The zero-order valence-corrected chi connectivity index (χ0v) is 13.4. The van der Waals surface area contributed by atoms with Crippen LogP contribution in [0, 0.1) is 3.57 Å². The number of hydrogen-bond donors (Lipinski definition) is 1. The third-order valence-electron chi connectivity index (χ3n) is 3.87. The number of hydrogen-bond acceptors (Lipinski definition) is 2. The first kappa shape index (κ1) is 13.7. The van der Waals surface area contributed by atoms with Gasteiger partial charge in [-0.2, -0.15) is 0 Å². The minimum atomic E-state index is -0.395. The lowest BCUT2D eigenvalue weighted by atomic mass is 10.1. The SMILES string of the molecule is Cn1c(=O)n(C2CCCCNC2=O)c2ccc(I)cc21. The molecule has 1 aliphatic rings. The van der Waals surface area contributed by atoms with Crippen molar-refractivity contribution < 1.29 is 4.79 Å². The summed E-state index contributed by atoms with van der Waals surface area (Å²) in [5, 5.41) is 2.90. The highest BCUT2D eigenvalue weighted by atomic mass is 127. The topological polar surface area (TPSA) is 56.0 Å². The Bertz CT molecular complexity index is 732. The van der Waals surface area contributed by atoms with Gasteiger partial charge in [-0.15, -0.1) is 0 Å². The number of carbonyl (C=O) groups excluding carboxylic acids is 1. The highest BCUT2D eigenvalue weighted by Gasteiger charge is 2.26. The van der Waals surface area contributed by atoms with Crippen molar-refractivity contribution >= 4 is 39.5 Å². The minimum Gasteiger partial charge on any atom is -0.354 e. The van der Waals surface area contributed by atoms with Gasteiger partial charge in [-0.05, 0) is 60.1 Å². The summed E-state index contributed by atoms with van der Waals surface area (Å²) in [4.78, 5) is 24.7. The van der Waals surface area contributed by atoms with E-state index >= 15 is 0 Å². The van der Waals surface area contributed by atoms with Crippen LogP contribution in [-0.2, 0) is 11.8 Å². The molecule has 5 nitrogen and oxygen atoms in total. The number of rotatable bonds is 1. The summed E-state index contributed by atoms with van der Waals surface area (Å²) < 4.78 is 4.34. The maximum Gasteiger partial charge on any atom is 0.329 e. The number of halogens is 1. The van der Waals surface area contributed by atoms with E-state index in [9.17, 15) is 9.59 Å². The normalized spacial score (nSPS) is 19.9. The van der Waals surface area contributed by atoms with Crippen LogP contribution in [0.4, 0.5) is 0 Å². The predicted molar refractivity (Wildman–Crippen MR) is 85.8 cm³/mol. The van der Waals surface area contributed by atoms with Crippen LogP contribution in [-0.4, -0.2) is 21.6 Å². The molecule has 0 saturated carbocycles. The van der Waals surface area contributed by atoms with Gasteiger partial charge in [0.25, 0.3) is 0 Å². The number of aryl methyl sites for hydroxylation is 1. The molecule has 1 saturated heterocycles. The summed E-state index contributed by atoms with van der Waals surface area (Å²) in [6, 6.07) is 5.47. The van der Waals surface area contributed by atoms with E-state index < -0.39 is 6.04 Å². The maximum absolute atomic E-state index is 12.5. The monoisotopic (exact) mass is 385 g/mol. The van der Waals surface area contributed by atoms with Crippen molar-refractivity contribution in [3.63, 3.8) is 0 Å². The smallest absolute Gasteiger partial charge is 0.329 e. The fraction of sp³-hybridized carbons (Fsp3) is 0.429. The summed E-state index contributed by atoms with van der Waals surface area (Å²) in [6.07, 6.45) is 2.65. The Labute approximate surface area is 130 Å². The first-order chi connectivity index (χ1) is 9.59. The summed E-state index contributed by atoms with van der Waals surface area (Å²) in [5.74, 6) is -0.0457. The van der Waals surface area contributed by atoms with Crippen molar-refractivity contribution in [1.29, 1.82) is 0 Å². The summed E-state index contributed by atoms with van der Waals surface area (Å²) in [7, 11) is 1.76. The third-order valence-corrected chi connectivity index (χ3v) is 4.54. The molecule has 2 heterocycles. The quantitative estimate of drug-likeness (QED) is 0.762. The molecule has 1 fully saturated rings. The Morgan fingerprint density at radius 2 is 2.05 bits per heavy atom. The summed E-state index contributed by atoms with van der Waals surface area (Å²) in [6.45, 7) is 0.701. The van der Waals surface area contributed by atoms with Gasteiger partial charge in [0, 0.05) is 17.2 Å². The molecule has 1 atom stereocenters. The highest BCUT2D eigenvalue weighted by Crippen LogP contribution is 2.23. The van der Waals surface area contributed by atoms with Crippen molar-refractivity contribution in [3.8, 4) is 0 Å². The van der Waals surface area contributed by atoms with Crippen LogP contribution >= 0.6 is 22.6 Å². The zero-order valence-electron chi connectivity index (χ0n) is 11.2. The van der Waals surface area contributed by atoms with Gasteiger partial charge in [0.2, 0.25) is 5.91 Å². The van der Waals surface area contributed by atoms with E-state index in [0.717, 1.165) is 33.9 Å². The van der Waals surface area contributed by atoms with Gasteiger partial charge in [0.1, 0.15) is 6.04 Å². The first-order valence-electron chi connectivity index (χ1n) is 6.74. The van der Waals surface area contributed by atoms with E-state index in [1.807, 2.05) is 18.2 Å². The fourth-order valence-electron chi connectivity index (χ4n) is 2.81. The third kappa shape index (κ3) is 2.15. The number of imidazole rings is 1.